The van der Waals surface area contributed by atoms with Gasteiger partial charge in [0.05, 0.1) is 35.9 Å². The first-order valence-electron chi connectivity index (χ1n) is 10.6. The van der Waals surface area contributed by atoms with Gasteiger partial charge in [0.15, 0.2) is 0 Å². The van der Waals surface area contributed by atoms with E-state index in [4.69, 9.17) is 10.5 Å². The van der Waals surface area contributed by atoms with Gasteiger partial charge in [-0.05, 0) is 61.6 Å². The number of ether oxygens (including phenoxy) is 1. The highest BCUT2D eigenvalue weighted by molar-refractivity contribution is 9.10. The van der Waals surface area contributed by atoms with Crippen LogP contribution in [0.4, 0.5) is 5.69 Å². The second kappa shape index (κ2) is 9.76. The Morgan fingerprint density at radius 2 is 2.03 bits per heavy atom. The number of rotatable bonds is 4. The fourth-order valence-corrected chi connectivity index (χ4v) is 4.72. The molecule has 3 aromatic rings. The number of aliphatic carboxylic acids is 1. The minimum atomic E-state index is -0.873. The molecule has 2 aromatic carbocycles. The molecule has 4 rings (SSSR count). The number of nitrogens with one attached hydrogen (secondary N) is 1. The Balaban J connectivity index is 0.000000269. The highest BCUT2D eigenvalue weighted by Crippen LogP contribution is 2.43. The number of benzene rings is 2. The van der Waals surface area contributed by atoms with Gasteiger partial charge in [-0.1, -0.05) is 41.4 Å². The number of halogens is 1. The Kier molecular flexibility index (Phi) is 7.27. The van der Waals surface area contributed by atoms with E-state index in [9.17, 15) is 15.2 Å². The third kappa shape index (κ3) is 4.67. The van der Waals surface area contributed by atoms with Crippen molar-refractivity contribution in [1.82, 2.24) is 4.98 Å². The first-order valence-corrected chi connectivity index (χ1v) is 11.4. The number of nitrogen functional groups attached to an aromatic ring is 1. The van der Waals surface area contributed by atoms with E-state index in [2.05, 4.69) is 27.0 Å². The number of hydrogen-bond donors (Lipinski definition) is 3. The predicted octanol–water partition coefficient (Wildman–Crippen LogP) is 5.73. The molecule has 0 saturated heterocycles. The van der Waals surface area contributed by atoms with E-state index < -0.39 is 11.6 Å². The highest BCUT2D eigenvalue weighted by Gasteiger charge is 2.42. The number of H-pyrrole nitrogens is 1. The van der Waals surface area contributed by atoms with Gasteiger partial charge < -0.3 is 20.6 Å². The molecule has 1 atom stereocenters. The number of fused-ring (bicyclic) bond motifs is 3. The van der Waals surface area contributed by atoms with Gasteiger partial charge in [0.1, 0.15) is 5.60 Å². The average molecular weight is 498 g/mol. The maximum Gasteiger partial charge on any atom is 0.306 e. The van der Waals surface area contributed by atoms with Crippen LogP contribution in [0, 0.1) is 25.2 Å². The van der Waals surface area contributed by atoms with Crippen molar-refractivity contribution in [3.8, 4) is 6.07 Å². The first kappa shape index (κ1) is 23.8. The molecule has 4 N–H and O–H groups in total. The van der Waals surface area contributed by atoms with Gasteiger partial charge in [-0.25, -0.2) is 0 Å². The summed E-state index contributed by atoms with van der Waals surface area (Å²) < 4.78 is 7.02. The lowest BCUT2D eigenvalue weighted by atomic mass is 9.84. The van der Waals surface area contributed by atoms with E-state index in [0.717, 1.165) is 49.9 Å². The van der Waals surface area contributed by atoms with E-state index >= 15 is 0 Å². The summed E-state index contributed by atoms with van der Waals surface area (Å²) in [6, 6.07) is 11.9. The van der Waals surface area contributed by atoms with Gasteiger partial charge in [0.25, 0.3) is 0 Å². The van der Waals surface area contributed by atoms with E-state index in [1.165, 1.54) is 0 Å². The normalized spacial score (nSPS) is 17.2. The molecule has 6 nitrogen and oxygen atoms in total. The SMILES string of the molecule is CCCC1(CC(=O)O)OCCc2c1[nH]c1c(C)ccc(C#N)c21.Cc1ccc(Br)cc1N. The molecule has 0 amide bonds. The molecule has 2 heterocycles. The molecule has 1 aliphatic heterocycles. The Morgan fingerprint density at radius 1 is 1.31 bits per heavy atom. The molecule has 0 spiro atoms. The smallest absolute Gasteiger partial charge is 0.306 e. The van der Waals surface area contributed by atoms with Gasteiger partial charge in [-0.3, -0.25) is 4.79 Å². The zero-order chi connectivity index (χ0) is 23.5. The lowest BCUT2D eigenvalue weighted by Gasteiger charge is -2.36. The zero-order valence-corrected chi connectivity index (χ0v) is 20.2. The summed E-state index contributed by atoms with van der Waals surface area (Å²) in [5.41, 5.74) is 11.2. The van der Waals surface area contributed by atoms with Gasteiger partial charge in [0, 0.05) is 15.5 Å². The van der Waals surface area contributed by atoms with E-state index in [-0.39, 0.29) is 6.42 Å². The number of carboxylic acid groups (broad SMARTS) is 1. The van der Waals surface area contributed by atoms with Gasteiger partial charge in [-0.15, -0.1) is 0 Å². The van der Waals surface area contributed by atoms with Gasteiger partial charge >= 0.3 is 5.97 Å². The topological polar surface area (TPSA) is 112 Å². The van der Waals surface area contributed by atoms with Crippen LogP contribution in [-0.2, 0) is 21.6 Å². The molecular formula is C25H28BrN3O3. The molecule has 168 valence electrons. The lowest BCUT2D eigenvalue weighted by molar-refractivity contribution is -0.149. The third-order valence-electron chi connectivity index (χ3n) is 5.91. The molecule has 1 aliphatic rings. The summed E-state index contributed by atoms with van der Waals surface area (Å²) in [5.74, 6) is -0.873. The monoisotopic (exact) mass is 497 g/mol. The minimum Gasteiger partial charge on any atom is -0.481 e. The van der Waals surface area contributed by atoms with Crippen molar-refractivity contribution in [2.75, 3.05) is 12.3 Å². The van der Waals surface area contributed by atoms with Gasteiger partial charge in [0.2, 0.25) is 0 Å². The zero-order valence-electron chi connectivity index (χ0n) is 18.6. The maximum atomic E-state index is 11.4. The number of aromatic amines is 1. The second-order valence-electron chi connectivity index (χ2n) is 8.18. The fourth-order valence-electron chi connectivity index (χ4n) is 4.34. The molecule has 32 heavy (non-hydrogen) atoms. The molecule has 1 aromatic heterocycles. The number of anilines is 1. The standard InChI is InChI=1S/C18H20N2O3.C7H8BrN/c1-3-7-18(9-14(21)22)17-13(6-8-23-18)15-12(10-19)5-4-11(2)16(15)20-17;1-5-2-3-6(8)4-7(5)9/h4-5,20H,3,6-9H2,1-2H3,(H,21,22);2-4H,9H2,1H3. The van der Waals surface area contributed by atoms with Crippen molar-refractivity contribution in [2.24, 2.45) is 0 Å². The van der Waals surface area contributed by atoms with Crippen LogP contribution in [-0.4, -0.2) is 22.7 Å². The van der Waals surface area contributed by atoms with Crippen molar-refractivity contribution in [2.45, 2.75) is 52.1 Å². The molecule has 7 heteroatoms. The fraction of sp³-hybridized carbons (Fsp3) is 0.360. The molecular weight excluding hydrogens is 470 g/mol. The molecule has 1 unspecified atom stereocenters. The average Bonchev–Trinajstić information content (AvgIpc) is 3.14. The van der Waals surface area contributed by atoms with Crippen LogP contribution in [0.1, 0.15) is 54.1 Å². The number of aryl methyl sites for hydroxylation is 2. The number of nitriles is 1. The van der Waals surface area contributed by atoms with Crippen molar-refractivity contribution in [3.05, 3.63) is 62.8 Å². The largest absolute Gasteiger partial charge is 0.481 e. The first-order chi connectivity index (χ1) is 15.2. The summed E-state index contributed by atoms with van der Waals surface area (Å²) in [6.45, 7) is 6.48. The second-order valence-corrected chi connectivity index (χ2v) is 9.10. The van der Waals surface area contributed by atoms with Crippen molar-refractivity contribution in [3.63, 3.8) is 0 Å². The van der Waals surface area contributed by atoms with Crippen LogP contribution >= 0.6 is 15.9 Å². The van der Waals surface area contributed by atoms with Crippen LogP contribution in [0.3, 0.4) is 0 Å². The van der Waals surface area contributed by atoms with E-state index in [1.807, 2.05) is 51.1 Å². The van der Waals surface area contributed by atoms with Crippen molar-refractivity contribution in [1.29, 1.82) is 5.26 Å². The third-order valence-corrected chi connectivity index (χ3v) is 6.40. The molecule has 0 bridgehead atoms. The van der Waals surface area contributed by atoms with Crippen LogP contribution in [0.15, 0.2) is 34.8 Å². The minimum absolute atomic E-state index is 0.0679. The quantitative estimate of drug-likeness (QED) is 0.398. The summed E-state index contributed by atoms with van der Waals surface area (Å²) in [5, 5.41) is 19.7. The predicted molar refractivity (Wildman–Crippen MR) is 130 cm³/mol. The Hall–Kier alpha value is -2.82. The lowest BCUT2D eigenvalue weighted by Crippen LogP contribution is -2.37. The maximum absolute atomic E-state index is 11.4. The van der Waals surface area contributed by atoms with Crippen LogP contribution in [0.2, 0.25) is 0 Å². The summed E-state index contributed by atoms with van der Waals surface area (Å²) >= 11 is 3.32. The van der Waals surface area contributed by atoms with Crippen LogP contribution < -0.4 is 5.73 Å². The number of carbonyl (C=O) groups is 1. The molecule has 0 fully saturated rings. The van der Waals surface area contributed by atoms with Crippen molar-refractivity contribution < 1.29 is 14.6 Å². The van der Waals surface area contributed by atoms with Crippen LogP contribution in [0.5, 0.6) is 0 Å². The number of hydrogen-bond acceptors (Lipinski definition) is 4. The Morgan fingerprint density at radius 3 is 2.62 bits per heavy atom. The number of carboxylic acids is 1. The Bertz CT molecular complexity index is 1200. The number of nitrogens with two attached hydrogens (primary N) is 1. The van der Waals surface area contributed by atoms with Gasteiger partial charge in [-0.2, -0.15) is 5.26 Å². The van der Waals surface area contributed by atoms with E-state index in [0.29, 0.717) is 25.0 Å². The molecule has 0 radical (unpaired) electrons. The number of aromatic nitrogens is 1. The summed E-state index contributed by atoms with van der Waals surface area (Å²) in [4.78, 5) is 14.8. The number of nitrogens with zero attached hydrogens (tertiary/aromatic N) is 1. The Labute approximate surface area is 196 Å². The van der Waals surface area contributed by atoms with Crippen molar-refractivity contribution >= 4 is 38.5 Å². The molecule has 0 saturated carbocycles. The van der Waals surface area contributed by atoms with Crippen LogP contribution in [0.25, 0.3) is 10.9 Å². The molecule has 0 aliphatic carbocycles. The highest BCUT2D eigenvalue weighted by atomic mass is 79.9. The van der Waals surface area contributed by atoms with E-state index in [1.54, 1.807) is 0 Å². The summed E-state index contributed by atoms with van der Waals surface area (Å²) in [7, 11) is 0. The summed E-state index contributed by atoms with van der Waals surface area (Å²) in [6.07, 6.45) is 2.09.